The summed E-state index contributed by atoms with van der Waals surface area (Å²) in [5, 5.41) is 11.2. The van der Waals surface area contributed by atoms with Gasteiger partial charge >= 0.3 is 0 Å². The summed E-state index contributed by atoms with van der Waals surface area (Å²) in [6, 6.07) is 5.39. The van der Waals surface area contributed by atoms with Crippen molar-refractivity contribution in [2.24, 2.45) is 0 Å². The SMILES string of the molecule is CC(=O)Cn1c(CCCO)nc(C(C)C)c1Sc1cc(Cl)cc(Cl)c1. The highest BCUT2D eigenvalue weighted by Gasteiger charge is 2.21. The van der Waals surface area contributed by atoms with Gasteiger partial charge in [-0.1, -0.05) is 48.8 Å². The topological polar surface area (TPSA) is 55.1 Å². The number of aliphatic hydroxyl groups is 1. The summed E-state index contributed by atoms with van der Waals surface area (Å²) in [5.41, 5.74) is 0.940. The Morgan fingerprint density at radius 3 is 2.44 bits per heavy atom. The monoisotopic (exact) mass is 400 g/mol. The van der Waals surface area contributed by atoms with Crippen molar-refractivity contribution >= 4 is 40.7 Å². The van der Waals surface area contributed by atoms with Crippen LogP contribution in [0.4, 0.5) is 0 Å². The highest BCUT2D eigenvalue weighted by molar-refractivity contribution is 7.99. The normalized spacial score (nSPS) is 11.3. The molecule has 0 radical (unpaired) electrons. The number of benzene rings is 1. The van der Waals surface area contributed by atoms with Gasteiger partial charge in [0.15, 0.2) is 0 Å². The lowest BCUT2D eigenvalue weighted by Crippen LogP contribution is -2.11. The molecule has 1 aromatic carbocycles. The van der Waals surface area contributed by atoms with Crippen LogP contribution in [0.25, 0.3) is 0 Å². The number of halogens is 2. The number of rotatable bonds is 8. The number of Topliss-reactive ketones (excluding diaryl/α,β-unsaturated/α-hetero) is 1. The zero-order chi connectivity index (χ0) is 18.6. The van der Waals surface area contributed by atoms with Crippen molar-refractivity contribution in [1.82, 2.24) is 9.55 Å². The Bertz CT molecular complexity index is 740. The number of aromatic nitrogens is 2. The van der Waals surface area contributed by atoms with Crippen LogP contribution in [0.15, 0.2) is 28.1 Å². The smallest absolute Gasteiger partial charge is 0.149 e. The first-order chi connectivity index (χ1) is 11.8. The van der Waals surface area contributed by atoms with E-state index in [9.17, 15) is 4.79 Å². The Balaban J connectivity index is 2.51. The average molecular weight is 401 g/mol. The number of aliphatic hydroxyl groups excluding tert-OH is 1. The molecule has 0 aliphatic heterocycles. The van der Waals surface area contributed by atoms with E-state index in [4.69, 9.17) is 33.3 Å². The van der Waals surface area contributed by atoms with Crippen LogP contribution < -0.4 is 0 Å². The van der Waals surface area contributed by atoms with Crippen LogP contribution in [0.2, 0.25) is 10.0 Å². The minimum Gasteiger partial charge on any atom is -0.396 e. The highest BCUT2D eigenvalue weighted by Crippen LogP contribution is 2.37. The minimum atomic E-state index is 0.0592. The molecule has 4 nitrogen and oxygen atoms in total. The quantitative estimate of drug-likeness (QED) is 0.678. The van der Waals surface area contributed by atoms with Gasteiger partial charge in [0.05, 0.1) is 12.2 Å². The molecule has 0 saturated carbocycles. The predicted molar refractivity (Wildman–Crippen MR) is 103 cm³/mol. The number of hydrogen-bond acceptors (Lipinski definition) is 4. The fourth-order valence-electron chi connectivity index (χ4n) is 2.50. The first-order valence-electron chi connectivity index (χ1n) is 8.15. The number of carbonyl (C=O) groups is 1. The van der Waals surface area contributed by atoms with E-state index in [-0.39, 0.29) is 24.9 Å². The van der Waals surface area contributed by atoms with Crippen molar-refractivity contribution in [3.8, 4) is 0 Å². The van der Waals surface area contributed by atoms with Crippen molar-refractivity contribution in [3.05, 3.63) is 39.8 Å². The largest absolute Gasteiger partial charge is 0.396 e. The molecule has 136 valence electrons. The second kappa shape index (κ2) is 9.08. The van der Waals surface area contributed by atoms with Gasteiger partial charge in [-0.05, 0) is 37.5 Å². The molecule has 0 atom stereocenters. The maximum Gasteiger partial charge on any atom is 0.149 e. The average Bonchev–Trinajstić information content (AvgIpc) is 2.82. The number of nitrogens with zero attached hydrogens (tertiary/aromatic N) is 2. The van der Waals surface area contributed by atoms with E-state index in [0.29, 0.717) is 22.9 Å². The summed E-state index contributed by atoms with van der Waals surface area (Å²) < 4.78 is 1.95. The molecule has 0 bridgehead atoms. The molecular weight excluding hydrogens is 379 g/mol. The van der Waals surface area contributed by atoms with Gasteiger partial charge in [-0.25, -0.2) is 4.98 Å². The third-order valence-electron chi connectivity index (χ3n) is 3.56. The molecule has 0 unspecified atom stereocenters. The van der Waals surface area contributed by atoms with Crippen molar-refractivity contribution in [2.45, 2.75) is 56.0 Å². The van der Waals surface area contributed by atoms with Gasteiger partial charge in [0.25, 0.3) is 0 Å². The number of imidazole rings is 1. The Kier molecular flexibility index (Phi) is 7.37. The molecule has 0 amide bonds. The molecule has 7 heteroatoms. The molecule has 0 aliphatic rings. The Labute approximate surface area is 162 Å². The zero-order valence-electron chi connectivity index (χ0n) is 14.6. The van der Waals surface area contributed by atoms with E-state index in [1.54, 1.807) is 13.0 Å². The van der Waals surface area contributed by atoms with E-state index in [1.807, 2.05) is 16.7 Å². The maximum atomic E-state index is 11.8. The molecular formula is C18H22Cl2N2O2S. The van der Waals surface area contributed by atoms with Crippen molar-refractivity contribution < 1.29 is 9.90 Å². The molecule has 1 heterocycles. The van der Waals surface area contributed by atoms with Crippen LogP contribution in [0.5, 0.6) is 0 Å². The van der Waals surface area contributed by atoms with Crippen LogP contribution in [0.3, 0.4) is 0 Å². The summed E-state index contributed by atoms with van der Waals surface area (Å²) in [6.07, 6.45) is 1.24. The predicted octanol–water partition coefficient (Wildman–Crippen LogP) is 4.98. The van der Waals surface area contributed by atoms with Gasteiger partial charge < -0.3 is 9.67 Å². The minimum absolute atomic E-state index is 0.0592. The van der Waals surface area contributed by atoms with Gasteiger partial charge in [-0.2, -0.15) is 0 Å². The van der Waals surface area contributed by atoms with Gasteiger partial charge in [0.1, 0.15) is 16.6 Å². The summed E-state index contributed by atoms with van der Waals surface area (Å²) in [6.45, 7) is 6.07. The van der Waals surface area contributed by atoms with Gasteiger partial charge in [-0.15, -0.1) is 0 Å². The Hall–Kier alpha value is -1.01. The fourth-order valence-corrected chi connectivity index (χ4v) is 4.42. The molecule has 2 aromatic rings. The first-order valence-corrected chi connectivity index (χ1v) is 9.72. The van der Waals surface area contributed by atoms with E-state index in [2.05, 4.69) is 13.8 Å². The van der Waals surface area contributed by atoms with Crippen LogP contribution in [-0.4, -0.2) is 27.0 Å². The summed E-state index contributed by atoms with van der Waals surface area (Å²) in [5.74, 6) is 1.09. The van der Waals surface area contributed by atoms with Crippen LogP contribution in [0, 0.1) is 0 Å². The van der Waals surface area contributed by atoms with E-state index in [0.717, 1.165) is 21.4 Å². The van der Waals surface area contributed by atoms with Crippen molar-refractivity contribution in [2.75, 3.05) is 6.61 Å². The second-order valence-electron chi connectivity index (χ2n) is 6.20. The van der Waals surface area contributed by atoms with Crippen LogP contribution >= 0.6 is 35.0 Å². The summed E-state index contributed by atoms with van der Waals surface area (Å²) in [7, 11) is 0. The van der Waals surface area contributed by atoms with Gasteiger partial charge in [0, 0.05) is 28.0 Å². The lowest BCUT2D eigenvalue weighted by atomic mass is 10.1. The van der Waals surface area contributed by atoms with Gasteiger partial charge in [-0.3, -0.25) is 4.79 Å². The number of hydrogen-bond donors (Lipinski definition) is 1. The van der Waals surface area contributed by atoms with Crippen molar-refractivity contribution in [1.29, 1.82) is 0 Å². The van der Waals surface area contributed by atoms with E-state index >= 15 is 0 Å². The lowest BCUT2D eigenvalue weighted by Gasteiger charge is -2.12. The molecule has 1 N–H and O–H groups in total. The molecule has 0 fully saturated rings. The Morgan fingerprint density at radius 1 is 1.28 bits per heavy atom. The zero-order valence-corrected chi connectivity index (χ0v) is 16.9. The number of carbonyl (C=O) groups excluding carboxylic acids is 1. The third kappa shape index (κ3) is 5.48. The van der Waals surface area contributed by atoms with Crippen LogP contribution in [-0.2, 0) is 17.8 Å². The van der Waals surface area contributed by atoms with E-state index in [1.165, 1.54) is 11.8 Å². The van der Waals surface area contributed by atoms with E-state index < -0.39 is 0 Å². The molecule has 1 aromatic heterocycles. The molecule has 0 saturated heterocycles. The summed E-state index contributed by atoms with van der Waals surface area (Å²) in [4.78, 5) is 17.4. The van der Waals surface area contributed by atoms with Gasteiger partial charge in [0.2, 0.25) is 0 Å². The first kappa shape index (κ1) is 20.3. The van der Waals surface area contributed by atoms with Crippen molar-refractivity contribution in [3.63, 3.8) is 0 Å². The maximum absolute atomic E-state index is 11.8. The molecule has 2 rings (SSSR count). The highest BCUT2D eigenvalue weighted by atomic mass is 35.5. The molecule has 25 heavy (non-hydrogen) atoms. The molecule has 0 spiro atoms. The third-order valence-corrected chi connectivity index (χ3v) is 5.09. The molecule has 0 aliphatic carbocycles. The fraction of sp³-hybridized carbons (Fsp3) is 0.444. The van der Waals surface area contributed by atoms with Crippen LogP contribution in [0.1, 0.15) is 44.6 Å². The standard InChI is InChI=1S/C18H22Cl2N2O2S/c1-11(2)17-18(25-15-8-13(19)7-14(20)9-15)22(10-12(3)24)16(21-17)5-4-6-23/h7-9,11,23H,4-6,10H2,1-3H3. The second-order valence-corrected chi connectivity index (χ2v) is 8.13. The number of ketones is 1. The number of aryl methyl sites for hydroxylation is 1. The Morgan fingerprint density at radius 2 is 1.92 bits per heavy atom. The lowest BCUT2D eigenvalue weighted by molar-refractivity contribution is -0.117. The summed E-state index contributed by atoms with van der Waals surface area (Å²) >= 11 is 13.7.